The van der Waals surface area contributed by atoms with Gasteiger partial charge in [0.15, 0.2) is 0 Å². The van der Waals surface area contributed by atoms with Crippen LogP contribution in [0.4, 0.5) is 0 Å². The minimum Gasteiger partial charge on any atom is -0.352 e. The lowest BCUT2D eigenvalue weighted by Crippen LogP contribution is -2.41. The van der Waals surface area contributed by atoms with Gasteiger partial charge in [-0.2, -0.15) is 0 Å². The third kappa shape index (κ3) is 4.76. The molecule has 6 nitrogen and oxygen atoms in total. The topological polar surface area (TPSA) is 73.1 Å². The van der Waals surface area contributed by atoms with Crippen molar-refractivity contribution in [1.29, 1.82) is 0 Å². The van der Waals surface area contributed by atoms with E-state index in [1.165, 1.54) is 20.3 Å². The van der Waals surface area contributed by atoms with Gasteiger partial charge in [-0.1, -0.05) is 54.6 Å². The van der Waals surface area contributed by atoms with Crippen molar-refractivity contribution in [2.75, 3.05) is 6.54 Å². The first-order chi connectivity index (χ1) is 16.5. The van der Waals surface area contributed by atoms with Crippen molar-refractivity contribution in [3.63, 3.8) is 0 Å². The number of nitrogens with one attached hydrogen (secondary N) is 1. The summed E-state index contributed by atoms with van der Waals surface area (Å²) in [4.78, 5) is 38.1. The molecule has 34 heavy (non-hydrogen) atoms. The van der Waals surface area contributed by atoms with Crippen LogP contribution in [0.3, 0.4) is 0 Å². The molecule has 0 spiro atoms. The average molecular weight is 454 g/mol. The van der Waals surface area contributed by atoms with E-state index in [0.717, 1.165) is 12.0 Å². The number of hydrogen-bond donors (Lipinski definition) is 1. The van der Waals surface area contributed by atoms with Gasteiger partial charge in [-0.3, -0.25) is 23.5 Å². The molecule has 0 fully saturated rings. The molecule has 172 valence electrons. The number of carbonyl (C=O) groups excluding carboxylic acids is 1. The zero-order valence-electron chi connectivity index (χ0n) is 19.2. The minimum atomic E-state index is -0.585. The number of aryl methyl sites for hydroxylation is 1. The number of benzene rings is 3. The number of para-hydroxylation sites is 2. The van der Waals surface area contributed by atoms with Crippen molar-refractivity contribution < 1.29 is 4.79 Å². The van der Waals surface area contributed by atoms with Crippen molar-refractivity contribution in [2.24, 2.45) is 0 Å². The maximum atomic E-state index is 12.8. The summed E-state index contributed by atoms with van der Waals surface area (Å²) in [7, 11) is 0. The van der Waals surface area contributed by atoms with Crippen LogP contribution in [0.1, 0.15) is 27.0 Å². The Labute approximate surface area is 197 Å². The summed E-state index contributed by atoms with van der Waals surface area (Å²) < 4.78 is 2.92. The van der Waals surface area contributed by atoms with E-state index in [4.69, 9.17) is 0 Å². The van der Waals surface area contributed by atoms with Gasteiger partial charge in [-0.15, -0.1) is 6.58 Å². The summed E-state index contributed by atoms with van der Waals surface area (Å²) in [5, 5.41) is 2.96. The highest BCUT2D eigenvalue weighted by atomic mass is 16.2. The maximum Gasteiger partial charge on any atom is 0.317 e. The Morgan fingerprint density at radius 3 is 2.18 bits per heavy atom. The molecule has 0 aliphatic rings. The van der Waals surface area contributed by atoms with Gasteiger partial charge in [0, 0.05) is 18.7 Å². The largest absolute Gasteiger partial charge is 0.352 e. The molecule has 0 bridgehead atoms. The summed E-state index contributed by atoms with van der Waals surface area (Å²) >= 11 is 0. The molecule has 0 aliphatic heterocycles. The Balaban J connectivity index is 1.50. The number of aromatic nitrogens is 2. The van der Waals surface area contributed by atoms with Crippen LogP contribution in [-0.4, -0.2) is 21.6 Å². The van der Waals surface area contributed by atoms with Crippen LogP contribution in [0.5, 0.6) is 0 Å². The molecule has 1 amide bonds. The Kier molecular flexibility index (Phi) is 6.87. The van der Waals surface area contributed by atoms with Gasteiger partial charge in [-0.25, -0.2) is 0 Å². The fourth-order valence-electron chi connectivity index (χ4n) is 4.09. The summed E-state index contributed by atoms with van der Waals surface area (Å²) in [5.74, 6) is -0.144. The number of allylic oxidation sites excluding steroid dienone is 1. The van der Waals surface area contributed by atoms with E-state index in [9.17, 15) is 14.4 Å². The van der Waals surface area contributed by atoms with Crippen LogP contribution in [0, 0.1) is 6.92 Å². The average Bonchev–Trinajstić information content (AvgIpc) is 2.86. The van der Waals surface area contributed by atoms with Crippen LogP contribution in [0.15, 0.2) is 95.0 Å². The fourth-order valence-corrected chi connectivity index (χ4v) is 4.09. The number of amides is 1. The van der Waals surface area contributed by atoms with Crippen LogP contribution in [-0.2, 0) is 19.5 Å². The SMILES string of the molecule is C=CCn1c(=O)c(=O)n(Cc2ccc(C(=O)NCCc3ccccc3C)cc2)c2ccccc21. The maximum absolute atomic E-state index is 12.8. The van der Waals surface area contributed by atoms with Crippen molar-refractivity contribution in [1.82, 2.24) is 14.5 Å². The van der Waals surface area contributed by atoms with Gasteiger partial charge < -0.3 is 5.32 Å². The third-order valence-electron chi connectivity index (χ3n) is 5.95. The zero-order valence-corrected chi connectivity index (χ0v) is 19.2. The van der Waals surface area contributed by atoms with Crippen LogP contribution >= 0.6 is 0 Å². The molecule has 6 heteroatoms. The number of hydrogen-bond acceptors (Lipinski definition) is 3. The Bertz CT molecular complexity index is 1460. The van der Waals surface area contributed by atoms with Crippen molar-refractivity contribution in [3.05, 3.63) is 128 Å². The Morgan fingerprint density at radius 1 is 0.882 bits per heavy atom. The molecule has 1 aromatic heterocycles. The molecule has 0 unspecified atom stereocenters. The second kappa shape index (κ2) is 10.2. The highest BCUT2D eigenvalue weighted by molar-refractivity contribution is 5.94. The first-order valence-corrected chi connectivity index (χ1v) is 11.2. The predicted molar refractivity (Wildman–Crippen MR) is 135 cm³/mol. The summed E-state index contributed by atoms with van der Waals surface area (Å²) in [6.07, 6.45) is 2.37. The fraction of sp³-hybridized carbons (Fsp3) is 0.179. The van der Waals surface area contributed by atoms with Crippen LogP contribution < -0.4 is 16.4 Å². The van der Waals surface area contributed by atoms with Gasteiger partial charge in [0.1, 0.15) is 0 Å². The van der Waals surface area contributed by atoms with Gasteiger partial charge >= 0.3 is 11.1 Å². The highest BCUT2D eigenvalue weighted by Gasteiger charge is 2.13. The minimum absolute atomic E-state index is 0.144. The van der Waals surface area contributed by atoms with E-state index in [0.29, 0.717) is 23.1 Å². The molecule has 0 atom stereocenters. The van der Waals surface area contributed by atoms with Crippen molar-refractivity contribution in [2.45, 2.75) is 26.4 Å². The lowest BCUT2D eigenvalue weighted by atomic mass is 10.1. The molecule has 1 heterocycles. The molecular formula is C28H27N3O3. The molecule has 4 rings (SSSR count). The molecule has 0 saturated carbocycles. The quantitative estimate of drug-likeness (QED) is 0.327. The second-order valence-electron chi connectivity index (χ2n) is 8.21. The molecule has 1 N–H and O–H groups in total. The number of carbonyl (C=O) groups is 1. The normalized spacial score (nSPS) is 10.9. The summed E-state index contributed by atoms with van der Waals surface area (Å²) in [5.41, 5.74) is 3.98. The van der Waals surface area contributed by atoms with E-state index < -0.39 is 11.1 Å². The zero-order chi connectivity index (χ0) is 24.1. The molecule has 0 radical (unpaired) electrons. The highest BCUT2D eigenvalue weighted by Crippen LogP contribution is 2.13. The van der Waals surface area contributed by atoms with Gasteiger partial charge in [0.2, 0.25) is 0 Å². The Morgan fingerprint density at radius 2 is 1.50 bits per heavy atom. The molecule has 0 saturated heterocycles. The number of nitrogens with zero attached hydrogens (tertiary/aromatic N) is 2. The lowest BCUT2D eigenvalue weighted by molar-refractivity contribution is 0.0954. The van der Waals surface area contributed by atoms with E-state index >= 15 is 0 Å². The lowest BCUT2D eigenvalue weighted by Gasteiger charge is -2.14. The number of fused-ring (bicyclic) bond motifs is 1. The number of rotatable bonds is 8. The predicted octanol–water partition coefficient (Wildman–Crippen LogP) is 3.68. The monoisotopic (exact) mass is 453 g/mol. The van der Waals surface area contributed by atoms with E-state index in [1.807, 2.05) is 48.5 Å². The standard InChI is InChI=1S/C28H27N3O3/c1-3-18-30-24-10-6-7-11-25(24)31(28(34)27(30)33)19-21-12-14-23(15-13-21)26(32)29-17-16-22-9-5-4-8-20(22)2/h3-15H,1,16-19H2,2H3,(H,29,32). The van der Waals surface area contributed by atoms with E-state index in [1.54, 1.807) is 18.2 Å². The van der Waals surface area contributed by atoms with Gasteiger partial charge in [0.25, 0.3) is 5.91 Å². The van der Waals surface area contributed by atoms with Crippen LogP contribution in [0.2, 0.25) is 0 Å². The first kappa shape index (κ1) is 23.0. The smallest absolute Gasteiger partial charge is 0.317 e. The third-order valence-corrected chi connectivity index (χ3v) is 5.95. The second-order valence-corrected chi connectivity index (χ2v) is 8.21. The van der Waals surface area contributed by atoms with E-state index in [-0.39, 0.29) is 19.0 Å². The van der Waals surface area contributed by atoms with Crippen molar-refractivity contribution >= 4 is 16.9 Å². The van der Waals surface area contributed by atoms with Crippen molar-refractivity contribution in [3.8, 4) is 0 Å². The summed E-state index contributed by atoms with van der Waals surface area (Å²) in [6, 6.07) is 22.6. The molecular weight excluding hydrogens is 426 g/mol. The first-order valence-electron chi connectivity index (χ1n) is 11.2. The molecule has 4 aromatic rings. The molecule has 0 aliphatic carbocycles. The van der Waals surface area contributed by atoms with Gasteiger partial charge in [-0.05, 0) is 54.3 Å². The van der Waals surface area contributed by atoms with Crippen LogP contribution in [0.25, 0.3) is 11.0 Å². The summed E-state index contributed by atoms with van der Waals surface area (Å²) in [6.45, 7) is 6.80. The molecule has 3 aromatic carbocycles. The Hall–Kier alpha value is -4.19. The van der Waals surface area contributed by atoms with E-state index in [2.05, 4.69) is 31.0 Å². The van der Waals surface area contributed by atoms with Gasteiger partial charge in [0.05, 0.1) is 17.6 Å².